The van der Waals surface area contributed by atoms with Gasteiger partial charge < -0.3 is 9.64 Å². The van der Waals surface area contributed by atoms with Crippen LogP contribution >= 0.6 is 11.3 Å². The highest BCUT2D eigenvalue weighted by atomic mass is 32.1. The highest BCUT2D eigenvalue weighted by Crippen LogP contribution is 2.23. The minimum absolute atomic E-state index is 0.224. The number of hydrogen-bond acceptors (Lipinski definition) is 5. The van der Waals surface area contributed by atoms with Gasteiger partial charge in [0.1, 0.15) is 0 Å². The van der Waals surface area contributed by atoms with Gasteiger partial charge in [-0.1, -0.05) is 12.8 Å². The molecule has 0 saturated carbocycles. The second kappa shape index (κ2) is 6.00. The molecule has 0 aliphatic carbocycles. The van der Waals surface area contributed by atoms with Gasteiger partial charge in [0.05, 0.1) is 19.2 Å². The third-order valence-electron chi connectivity index (χ3n) is 2.97. The molecular weight excluding hydrogens is 236 g/mol. The number of hydrogen-bond donors (Lipinski definition) is 0. The van der Waals surface area contributed by atoms with E-state index in [1.165, 1.54) is 32.8 Å². The van der Waals surface area contributed by atoms with Crippen LogP contribution in [0.5, 0.6) is 0 Å². The van der Waals surface area contributed by atoms with E-state index in [9.17, 15) is 4.79 Å². The maximum atomic E-state index is 11.2. The molecule has 1 aromatic rings. The number of anilines is 1. The summed E-state index contributed by atoms with van der Waals surface area (Å²) in [4.78, 5) is 18.0. The Kier molecular flexibility index (Phi) is 4.36. The van der Waals surface area contributed by atoms with E-state index in [1.54, 1.807) is 11.3 Å². The van der Waals surface area contributed by atoms with Crippen LogP contribution in [0.1, 0.15) is 31.4 Å². The van der Waals surface area contributed by atoms with Crippen LogP contribution in [-0.2, 0) is 16.0 Å². The molecule has 4 nitrogen and oxygen atoms in total. The molecule has 1 fully saturated rings. The first-order chi connectivity index (χ1) is 8.29. The van der Waals surface area contributed by atoms with Crippen LogP contribution in [0.2, 0.25) is 0 Å². The van der Waals surface area contributed by atoms with Crippen molar-refractivity contribution in [2.24, 2.45) is 0 Å². The molecule has 17 heavy (non-hydrogen) atoms. The third kappa shape index (κ3) is 3.43. The number of thiazole rings is 1. The zero-order valence-corrected chi connectivity index (χ0v) is 11.0. The van der Waals surface area contributed by atoms with Gasteiger partial charge in [-0.05, 0) is 12.8 Å². The van der Waals surface area contributed by atoms with Gasteiger partial charge >= 0.3 is 5.97 Å². The first kappa shape index (κ1) is 12.4. The van der Waals surface area contributed by atoms with Crippen LogP contribution in [0.4, 0.5) is 5.13 Å². The Balaban J connectivity index is 1.98. The number of methoxy groups -OCH3 is 1. The van der Waals surface area contributed by atoms with E-state index in [0.29, 0.717) is 0 Å². The van der Waals surface area contributed by atoms with Crippen molar-refractivity contribution in [3.8, 4) is 0 Å². The molecule has 2 heterocycles. The summed E-state index contributed by atoms with van der Waals surface area (Å²) in [6.45, 7) is 2.18. The molecule has 0 radical (unpaired) electrons. The zero-order chi connectivity index (χ0) is 12.1. The van der Waals surface area contributed by atoms with Gasteiger partial charge in [-0.3, -0.25) is 4.79 Å². The second-order valence-electron chi connectivity index (χ2n) is 4.28. The molecule has 1 aliphatic rings. The van der Waals surface area contributed by atoms with Crippen molar-refractivity contribution in [3.63, 3.8) is 0 Å². The highest BCUT2D eigenvalue weighted by Gasteiger charge is 2.14. The lowest BCUT2D eigenvalue weighted by molar-refractivity contribution is -0.139. The Labute approximate surface area is 106 Å². The van der Waals surface area contributed by atoms with Crippen molar-refractivity contribution in [2.45, 2.75) is 32.1 Å². The molecule has 1 saturated heterocycles. The van der Waals surface area contributed by atoms with Gasteiger partial charge in [-0.2, -0.15) is 0 Å². The van der Waals surface area contributed by atoms with Crippen LogP contribution < -0.4 is 4.90 Å². The van der Waals surface area contributed by atoms with E-state index in [0.717, 1.165) is 23.9 Å². The number of rotatable bonds is 3. The Morgan fingerprint density at radius 3 is 2.76 bits per heavy atom. The lowest BCUT2D eigenvalue weighted by atomic mass is 10.2. The van der Waals surface area contributed by atoms with E-state index >= 15 is 0 Å². The van der Waals surface area contributed by atoms with Crippen LogP contribution in [-0.4, -0.2) is 31.2 Å². The van der Waals surface area contributed by atoms with E-state index < -0.39 is 0 Å². The third-order valence-corrected chi connectivity index (χ3v) is 3.92. The predicted octanol–water partition coefficient (Wildman–Crippen LogP) is 2.24. The van der Waals surface area contributed by atoms with Gasteiger partial charge in [0.15, 0.2) is 5.13 Å². The maximum absolute atomic E-state index is 11.2. The van der Waals surface area contributed by atoms with Gasteiger partial charge in [-0.25, -0.2) is 4.98 Å². The number of aromatic nitrogens is 1. The lowest BCUT2D eigenvalue weighted by Crippen LogP contribution is -2.23. The second-order valence-corrected chi connectivity index (χ2v) is 5.11. The van der Waals surface area contributed by atoms with E-state index in [4.69, 9.17) is 0 Å². The quantitative estimate of drug-likeness (QED) is 0.776. The number of carbonyl (C=O) groups excluding carboxylic acids is 1. The molecule has 94 valence electrons. The van der Waals surface area contributed by atoms with Crippen molar-refractivity contribution in [1.82, 2.24) is 4.98 Å². The zero-order valence-electron chi connectivity index (χ0n) is 10.1. The Bertz CT molecular complexity index is 370. The number of ether oxygens (including phenoxy) is 1. The summed E-state index contributed by atoms with van der Waals surface area (Å²) in [5.41, 5.74) is 0.820. The molecule has 0 spiro atoms. The van der Waals surface area contributed by atoms with Crippen molar-refractivity contribution in [3.05, 3.63) is 11.1 Å². The Morgan fingerprint density at radius 1 is 1.41 bits per heavy atom. The van der Waals surface area contributed by atoms with Crippen molar-refractivity contribution >= 4 is 22.4 Å². The molecule has 2 rings (SSSR count). The summed E-state index contributed by atoms with van der Waals surface area (Å²) in [5, 5.41) is 3.00. The molecule has 0 amide bonds. The summed E-state index contributed by atoms with van der Waals surface area (Å²) in [7, 11) is 1.41. The Hall–Kier alpha value is -1.10. The summed E-state index contributed by atoms with van der Waals surface area (Å²) < 4.78 is 4.64. The fourth-order valence-electron chi connectivity index (χ4n) is 2.00. The molecule has 0 aromatic carbocycles. The monoisotopic (exact) mass is 254 g/mol. The van der Waals surface area contributed by atoms with Crippen molar-refractivity contribution in [2.75, 3.05) is 25.1 Å². The normalized spacial score (nSPS) is 16.6. The molecule has 1 aromatic heterocycles. The van der Waals surface area contributed by atoms with Crippen molar-refractivity contribution < 1.29 is 9.53 Å². The summed E-state index contributed by atoms with van der Waals surface area (Å²) in [5.74, 6) is -0.224. The fraction of sp³-hybridized carbons (Fsp3) is 0.667. The van der Waals surface area contributed by atoms with Gasteiger partial charge in [0.25, 0.3) is 0 Å². The summed E-state index contributed by atoms with van der Waals surface area (Å²) in [6.07, 6.45) is 5.40. The molecule has 0 N–H and O–H groups in total. The first-order valence-corrected chi connectivity index (χ1v) is 6.94. The molecule has 5 heteroatoms. The van der Waals surface area contributed by atoms with E-state index in [-0.39, 0.29) is 12.4 Å². The average Bonchev–Trinajstić information content (AvgIpc) is 2.63. The maximum Gasteiger partial charge on any atom is 0.311 e. The number of carbonyl (C=O) groups is 1. The van der Waals surface area contributed by atoms with Gasteiger partial charge in [0.2, 0.25) is 0 Å². The standard InChI is InChI=1S/C12H18N2O2S/c1-16-11(15)8-10-9-17-12(13-10)14-6-4-2-3-5-7-14/h9H,2-8H2,1H3. The van der Waals surface area contributed by atoms with E-state index in [1.807, 2.05) is 5.38 Å². The summed E-state index contributed by atoms with van der Waals surface area (Å²) in [6, 6.07) is 0. The predicted molar refractivity (Wildman–Crippen MR) is 68.5 cm³/mol. The van der Waals surface area contributed by atoms with Crippen LogP contribution in [0.3, 0.4) is 0 Å². The molecule has 0 bridgehead atoms. The fourth-order valence-corrected chi connectivity index (χ4v) is 2.88. The molecule has 0 atom stereocenters. The minimum Gasteiger partial charge on any atom is -0.469 e. The SMILES string of the molecule is COC(=O)Cc1csc(N2CCCCCC2)n1. The topological polar surface area (TPSA) is 42.4 Å². The number of nitrogens with zero attached hydrogens (tertiary/aromatic N) is 2. The summed E-state index contributed by atoms with van der Waals surface area (Å²) >= 11 is 1.62. The Morgan fingerprint density at radius 2 is 2.12 bits per heavy atom. The first-order valence-electron chi connectivity index (χ1n) is 6.06. The van der Waals surface area contributed by atoms with E-state index in [2.05, 4.69) is 14.6 Å². The smallest absolute Gasteiger partial charge is 0.311 e. The van der Waals surface area contributed by atoms with Crippen molar-refractivity contribution in [1.29, 1.82) is 0 Å². The molecule has 0 unspecified atom stereocenters. The largest absolute Gasteiger partial charge is 0.469 e. The van der Waals surface area contributed by atoms with Gasteiger partial charge in [-0.15, -0.1) is 11.3 Å². The molecule has 1 aliphatic heterocycles. The average molecular weight is 254 g/mol. The van der Waals surface area contributed by atoms with Gasteiger partial charge in [0, 0.05) is 18.5 Å². The minimum atomic E-state index is -0.224. The van der Waals surface area contributed by atoms with Crippen LogP contribution in [0.25, 0.3) is 0 Å². The lowest BCUT2D eigenvalue weighted by Gasteiger charge is -2.18. The van der Waals surface area contributed by atoms with Crippen LogP contribution in [0.15, 0.2) is 5.38 Å². The number of esters is 1. The molecular formula is C12H18N2O2S. The van der Waals surface area contributed by atoms with Crippen LogP contribution in [0, 0.1) is 0 Å². The highest BCUT2D eigenvalue weighted by molar-refractivity contribution is 7.13.